The van der Waals surface area contributed by atoms with Crippen LogP contribution in [0.4, 0.5) is 0 Å². The number of imide groups is 1. The number of fused-ring (bicyclic) bond motifs is 3. The van der Waals surface area contributed by atoms with Gasteiger partial charge in [0.05, 0.1) is 22.7 Å². The molecule has 0 radical (unpaired) electrons. The molecule has 2 N–H and O–H groups in total. The summed E-state index contributed by atoms with van der Waals surface area (Å²) in [7, 11) is 3.87. The number of nitrogens with one attached hydrogen (secondary N) is 2. The minimum Gasteiger partial charge on any atom is -0.336 e. The van der Waals surface area contributed by atoms with Gasteiger partial charge in [-0.15, -0.1) is 0 Å². The van der Waals surface area contributed by atoms with Gasteiger partial charge in [0.15, 0.2) is 0 Å². The second kappa shape index (κ2) is 18.0. The molecule has 11 rings (SSSR count). The van der Waals surface area contributed by atoms with E-state index < -0.39 is 11.9 Å². The van der Waals surface area contributed by atoms with Gasteiger partial charge in [-0.05, 0) is 141 Å². The molecule has 0 bridgehead atoms. The maximum atomic E-state index is 13.7. The van der Waals surface area contributed by atoms with Crippen LogP contribution in [-0.2, 0) is 36.8 Å². The van der Waals surface area contributed by atoms with Gasteiger partial charge in [-0.3, -0.25) is 48.6 Å². The molecule has 0 saturated carbocycles. The number of benzene rings is 3. The van der Waals surface area contributed by atoms with E-state index in [1.807, 2.05) is 35.5 Å². The molecule has 0 spiro atoms. The van der Waals surface area contributed by atoms with Crippen molar-refractivity contribution in [3.8, 4) is 11.1 Å². The van der Waals surface area contributed by atoms with E-state index in [1.54, 1.807) is 11.6 Å². The van der Waals surface area contributed by atoms with E-state index in [1.165, 1.54) is 32.3 Å². The van der Waals surface area contributed by atoms with Crippen LogP contribution in [0.1, 0.15) is 77.7 Å². The fourth-order valence-corrected chi connectivity index (χ4v) is 11.3. The number of carbonyl (C=O) groups excluding carboxylic acids is 3. The highest BCUT2D eigenvalue weighted by molar-refractivity contribution is 6.00. The minimum absolute atomic E-state index is 0.134. The van der Waals surface area contributed by atoms with Crippen molar-refractivity contribution in [3.63, 3.8) is 0 Å². The van der Waals surface area contributed by atoms with Crippen molar-refractivity contribution in [2.45, 2.75) is 63.6 Å². The third kappa shape index (κ3) is 8.48. The number of H-pyrrole nitrogens is 1. The van der Waals surface area contributed by atoms with Gasteiger partial charge < -0.3 is 9.47 Å². The lowest BCUT2D eigenvalue weighted by Crippen LogP contribution is -2.50. The summed E-state index contributed by atoms with van der Waals surface area (Å²) in [6.45, 7) is 10.2. The van der Waals surface area contributed by atoms with Gasteiger partial charge in [0, 0.05) is 94.6 Å². The standard InChI is InChI=1S/C52H59N11O4/c1-57-41(29-43-42(13-18-53-49(43)57)39-8-9-44-40(28-39)30-54-56-44)33-60-21-16-37(17-22-60)36-4-6-38(7-5-36)51(66)62-25-23-61(24-26-62)31-34-14-19-59(20-15-34)32-35-3-10-45-47(27-35)58(2)52(67)63(45)46-11-12-48(64)55-50(46)65/h3-10,13,18,27-30,34,37,46H,11-12,14-17,19-26,31-33H2,1-2H3,(H,54,56)(H,55,64,65). The summed E-state index contributed by atoms with van der Waals surface area (Å²) in [5, 5.41) is 11.9. The molecule has 15 heteroatoms. The Morgan fingerprint density at radius 2 is 1.49 bits per heavy atom. The largest absolute Gasteiger partial charge is 0.336 e. The number of hydrogen-bond donors (Lipinski definition) is 2. The number of likely N-dealkylation sites (tertiary alicyclic amines) is 2. The van der Waals surface area contributed by atoms with Crippen molar-refractivity contribution < 1.29 is 14.4 Å². The van der Waals surface area contributed by atoms with Gasteiger partial charge >= 0.3 is 5.69 Å². The predicted molar refractivity (Wildman–Crippen MR) is 258 cm³/mol. The lowest BCUT2D eigenvalue weighted by molar-refractivity contribution is -0.135. The third-order valence-corrected chi connectivity index (χ3v) is 15.3. The van der Waals surface area contributed by atoms with Gasteiger partial charge in [-0.25, -0.2) is 9.78 Å². The first kappa shape index (κ1) is 43.2. The molecule has 4 aromatic heterocycles. The number of piperazine rings is 1. The Morgan fingerprint density at radius 1 is 0.731 bits per heavy atom. The second-order valence-corrected chi connectivity index (χ2v) is 19.4. The lowest BCUT2D eigenvalue weighted by atomic mass is 9.89. The van der Waals surface area contributed by atoms with Crippen molar-refractivity contribution in [2.75, 3.05) is 58.9 Å². The molecule has 7 aromatic rings. The van der Waals surface area contributed by atoms with Crippen LogP contribution in [0.5, 0.6) is 0 Å². The molecule has 67 heavy (non-hydrogen) atoms. The summed E-state index contributed by atoms with van der Waals surface area (Å²) in [4.78, 5) is 65.6. The molecule has 4 aliphatic rings. The molecule has 346 valence electrons. The zero-order valence-corrected chi connectivity index (χ0v) is 38.5. The van der Waals surface area contributed by atoms with Crippen LogP contribution in [0.15, 0.2) is 90.0 Å². The molecule has 8 heterocycles. The Balaban J connectivity index is 0.625. The summed E-state index contributed by atoms with van der Waals surface area (Å²) >= 11 is 0. The summed E-state index contributed by atoms with van der Waals surface area (Å²) in [5.41, 5.74) is 10.2. The van der Waals surface area contributed by atoms with E-state index in [0.29, 0.717) is 18.3 Å². The van der Waals surface area contributed by atoms with Gasteiger partial charge in [0.2, 0.25) is 11.8 Å². The fourth-order valence-electron chi connectivity index (χ4n) is 11.3. The highest BCUT2D eigenvalue weighted by Crippen LogP contribution is 2.34. The Bertz CT molecular complexity index is 3050. The Labute approximate surface area is 389 Å². The molecule has 0 aliphatic carbocycles. The number of pyridine rings is 1. The van der Waals surface area contributed by atoms with Crippen molar-refractivity contribution in [3.05, 3.63) is 118 Å². The van der Waals surface area contributed by atoms with Crippen LogP contribution in [0.3, 0.4) is 0 Å². The number of aromatic nitrogens is 6. The van der Waals surface area contributed by atoms with Crippen molar-refractivity contribution >= 4 is 50.7 Å². The second-order valence-electron chi connectivity index (χ2n) is 19.4. The van der Waals surface area contributed by atoms with Gasteiger partial charge in [-0.2, -0.15) is 5.10 Å². The van der Waals surface area contributed by atoms with E-state index in [9.17, 15) is 19.2 Å². The van der Waals surface area contributed by atoms with Crippen molar-refractivity contribution in [1.82, 2.24) is 53.8 Å². The first-order chi connectivity index (χ1) is 32.6. The number of aryl methyl sites for hydroxylation is 2. The lowest BCUT2D eigenvalue weighted by Gasteiger charge is -2.39. The molecule has 1 atom stereocenters. The highest BCUT2D eigenvalue weighted by atomic mass is 16.2. The number of aromatic amines is 1. The van der Waals surface area contributed by atoms with Crippen LogP contribution < -0.4 is 11.0 Å². The van der Waals surface area contributed by atoms with E-state index in [4.69, 9.17) is 4.98 Å². The van der Waals surface area contributed by atoms with Gasteiger partial charge in [0.1, 0.15) is 11.7 Å². The monoisotopic (exact) mass is 901 g/mol. The average Bonchev–Trinajstić information content (AvgIpc) is 4.03. The first-order valence-electron chi connectivity index (χ1n) is 24.1. The normalized spacial score (nSPS) is 19.9. The topological polar surface area (TPSA) is 150 Å². The Morgan fingerprint density at radius 3 is 2.27 bits per heavy atom. The van der Waals surface area contributed by atoms with Crippen LogP contribution in [0.2, 0.25) is 0 Å². The van der Waals surface area contributed by atoms with Crippen LogP contribution in [-0.4, -0.2) is 125 Å². The number of hydrogen-bond acceptors (Lipinski definition) is 9. The van der Waals surface area contributed by atoms with E-state index in [0.717, 1.165) is 136 Å². The van der Waals surface area contributed by atoms with Crippen LogP contribution in [0, 0.1) is 5.92 Å². The van der Waals surface area contributed by atoms with E-state index in [2.05, 4.69) is 96.4 Å². The number of piperidine rings is 3. The number of nitrogens with zero attached hydrogens (tertiary/aromatic N) is 9. The quantitative estimate of drug-likeness (QED) is 0.163. The summed E-state index contributed by atoms with van der Waals surface area (Å²) in [6, 6.07) is 24.7. The number of imidazole rings is 1. The number of carbonyl (C=O) groups is 3. The molecule has 1 unspecified atom stereocenters. The van der Waals surface area contributed by atoms with E-state index >= 15 is 0 Å². The SMILES string of the molecule is Cn1c(CN2CCC(c3ccc(C(=O)N4CCN(CC5CCN(Cc6ccc7c(c6)n(C)c(=O)n7C6CCC(=O)NC6=O)CC5)CC4)cc3)CC2)cc2c(-c3ccc4[nH]ncc4c3)ccnc21. The Hall–Kier alpha value is -6.42. The molecule has 3 aromatic carbocycles. The van der Waals surface area contributed by atoms with Crippen molar-refractivity contribution in [2.24, 2.45) is 20.0 Å². The zero-order valence-electron chi connectivity index (χ0n) is 38.5. The molecule has 4 saturated heterocycles. The zero-order chi connectivity index (χ0) is 45.8. The molecule has 4 aliphatic heterocycles. The molecule has 15 nitrogen and oxygen atoms in total. The number of rotatable bonds is 10. The minimum atomic E-state index is -0.681. The molecular formula is C52H59N11O4. The maximum absolute atomic E-state index is 13.7. The molecular weight excluding hydrogens is 843 g/mol. The fraction of sp³-hybridized carbons (Fsp3) is 0.423. The third-order valence-electron chi connectivity index (χ3n) is 15.3. The highest BCUT2D eigenvalue weighted by Gasteiger charge is 2.32. The summed E-state index contributed by atoms with van der Waals surface area (Å²) < 4.78 is 5.39. The van der Waals surface area contributed by atoms with Crippen LogP contribution in [0.25, 0.3) is 44.1 Å². The van der Waals surface area contributed by atoms with E-state index in [-0.39, 0.29) is 23.9 Å². The number of amides is 3. The molecule has 3 amide bonds. The van der Waals surface area contributed by atoms with Gasteiger partial charge in [-0.1, -0.05) is 24.3 Å². The predicted octanol–water partition coefficient (Wildman–Crippen LogP) is 5.80. The van der Waals surface area contributed by atoms with Crippen molar-refractivity contribution in [1.29, 1.82) is 0 Å². The first-order valence-corrected chi connectivity index (χ1v) is 24.1. The molecule has 4 fully saturated rings. The average molecular weight is 902 g/mol. The summed E-state index contributed by atoms with van der Waals surface area (Å²) in [5.74, 6) is 0.542. The smallest absolute Gasteiger partial charge is 0.329 e. The van der Waals surface area contributed by atoms with Gasteiger partial charge in [0.25, 0.3) is 5.91 Å². The Kier molecular flexibility index (Phi) is 11.6. The maximum Gasteiger partial charge on any atom is 0.329 e. The van der Waals surface area contributed by atoms with Crippen LogP contribution >= 0.6 is 0 Å². The summed E-state index contributed by atoms with van der Waals surface area (Å²) in [6.07, 6.45) is 8.78.